The molecule has 2 fully saturated rings. The summed E-state index contributed by atoms with van der Waals surface area (Å²) in [6.45, 7) is 0.760. The summed E-state index contributed by atoms with van der Waals surface area (Å²) in [5.41, 5.74) is 2.55. The van der Waals surface area contributed by atoms with Crippen molar-refractivity contribution in [3.8, 4) is 16.9 Å². The minimum absolute atomic E-state index is 0.0297. The summed E-state index contributed by atoms with van der Waals surface area (Å²) in [4.78, 5) is 3.20. The normalized spacial score (nSPS) is 25.0. The number of H-pyrrole nitrogens is 1. The van der Waals surface area contributed by atoms with Crippen LogP contribution >= 0.6 is 23.2 Å². The summed E-state index contributed by atoms with van der Waals surface area (Å²) in [5.74, 6) is 0.610. The number of fused-ring (bicyclic) bond motifs is 1. The van der Waals surface area contributed by atoms with Crippen LogP contribution in [-0.2, 0) is 4.74 Å². The van der Waals surface area contributed by atoms with E-state index in [1.54, 1.807) is 6.07 Å². The number of aromatic amines is 1. The molecule has 1 unspecified atom stereocenters. The number of nitrogens with zero attached hydrogens (tertiary/aromatic N) is 2. The maximum absolute atomic E-state index is 13.2. The molecule has 148 valence electrons. The first-order chi connectivity index (χ1) is 13.6. The summed E-state index contributed by atoms with van der Waals surface area (Å²) < 4.78 is 27.0. The lowest BCUT2D eigenvalue weighted by molar-refractivity contribution is -0.0394. The second kappa shape index (κ2) is 7.25. The summed E-state index contributed by atoms with van der Waals surface area (Å²) >= 11 is 12.7. The van der Waals surface area contributed by atoms with E-state index >= 15 is 0 Å². The standard InChI is InChI=1S/C20H20Cl2FN3O2/c21-15-7-16(28-13-5-12(23)6-13)18-14(9-24-20(18)19(15)22)11-8-25-26(10-11)17-3-1-2-4-27-17/h7-10,12-13,17,24H,1-6H2/t12-,13+,17?. The molecule has 1 N–H and O–H groups in total. The van der Waals surface area contributed by atoms with Crippen LogP contribution in [0.1, 0.15) is 38.3 Å². The van der Waals surface area contributed by atoms with Crippen molar-refractivity contribution in [3.05, 3.63) is 34.7 Å². The van der Waals surface area contributed by atoms with E-state index < -0.39 is 6.17 Å². The van der Waals surface area contributed by atoms with Crippen LogP contribution < -0.4 is 4.74 Å². The molecule has 1 saturated carbocycles. The van der Waals surface area contributed by atoms with Gasteiger partial charge in [-0.05, 0) is 19.3 Å². The van der Waals surface area contributed by atoms with Gasteiger partial charge >= 0.3 is 0 Å². The maximum Gasteiger partial charge on any atom is 0.150 e. The predicted octanol–water partition coefficient (Wildman–Crippen LogP) is 5.92. The van der Waals surface area contributed by atoms with E-state index in [0.717, 1.165) is 42.4 Å². The van der Waals surface area contributed by atoms with E-state index in [1.807, 2.05) is 23.3 Å². The molecular weight excluding hydrogens is 404 g/mol. The average Bonchev–Trinajstić information content (AvgIpc) is 3.32. The highest BCUT2D eigenvalue weighted by Gasteiger charge is 2.32. The molecule has 5 rings (SSSR count). The highest BCUT2D eigenvalue weighted by atomic mass is 35.5. The zero-order valence-electron chi connectivity index (χ0n) is 15.1. The van der Waals surface area contributed by atoms with Crippen molar-refractivity contribution in [1.82, 2.24) is 14.8 Å². The van der Waals surface area contributed by atoms with E-state index in [2.05, 4.69) is 10.1 Å². The van der Waals surface area contributed by atoms with E-state index in [1.165, 1.54) is 0 Å². The summed E-state index contributed by atoms with van der Waals surface area (Å²) in [6.07, 6.45) is 8.69. The van der Waals surface area contributed by atoms with Crippen LogP contribution in [0.25, 0.3) is 22.0 Å². The third kappa shape index (κ3) is 3.17. The number of hydrogen-bond acceptors (Lipinski definition) is 3. The molecule has 28 heavy (non-hydrogen) atoms. The first kappa shape index (κ1) is 18.3. The molecule has 1 aliphatic heterocycles. The third-order valence-electron chi connectivity index (χ3n) is 5.51. The van der Waals surface area contributed by atoms with Crippen LogP contribution in [0.4, 0.5) is 4.39 Å². The van der Waals surface area contributed by atoms with E-state index in [-0.39, 0.29) is 12.3 Å². The number of alkyl halides is 1. The molecular formula is C20H20Cl2FN3O2. The summed E-state index contributed by atoms with van der Waals surface area (Å²) in [7, 11) is 0. The van der Waals surface area contributed by atoms with Gasteiger partial charge in [-0.25, -0.2) is 9.07 Å². The average molecular weight is 424 g/mol. The zero-order valence-corrected chi connectivity index (χ0v) is 16.6. The molecule has 1 atom stereocenters. The topological polar surface area (TPSA) is 52.1 Å². The summed E-state index contributed by atoms with van der Waals surface area (Å²) in [6, 6.07) is 1.71. The van der Waals surface area contributed by atoms with Crippen LogP contribution in [0.15, 0.2) is 24.7 Å². The molecule has 0 bridgehead atoms. The number of halogens is 3. The molecule has 5 nitrogen and oxygen atoms in total. The third-order valence-corrected chi connectivity index (χ3v) is 6.30. The van der Waals surface area contributed by atoms with Gasteiger partial charge in [0.2, 0.25) is 0 Å². The Morgan fingerprint density at radius 2 is 2.14 bits per heavy atom. The second-order valence-corrected chi connectivity index (χ2v) is 8.25. The van der Waals surface area contributed by atoms with E-state index in [0.29, 0.717) is 34.2 Å². The number of ether oxygens (including phenoxy) is 2. The quantitative estimate of drug-likeness (QED) is 0.566. The van der Waals surface area contributed by atoms with Crippen LogP contribution in [0, 0.1) is 0 Å². The number of nitrogens with one attached hydrogen (secondary N) is 1. The Balaban J connectivity index is 1.54. The van der Waals surface area contributed by atoms with Gasteiger partial charge in [0.05, 0.1) is 27.1 Å². The van der Waals surface area contributed by atoms with E-state index in [4.69, 9.17) is 32.7 Å². The second-order valence-electron chi connectivity index (χ2n) is 7.46. The largest absolute Gasteiger partial charge is 0.489 e. The molecule has 3 heterocycles. The fraction of sp³-hybridized carbons (Fsp3) is 0.450. The zero-order chi connectivity index (χ0) is 19.3. The molecule has 1 aromatic carbocycles. The minimum Gasteiger partial charge on any atom is -0.489 e. The van der Waals surface area contributed by atoms with Crippen molar-refractivity contribution >= 4 is 34.1 Å². The molecule has 0 radical (unpaired) electrons. The maximum atomic E-state index is 13.2. The summed E-state index contributed by atoms with van der Waals surface area (Å²) in [5, 5.41) is 6.18. The molecule has 3 aromatic rings. The Bertz CT molecular complexity index is 1010. The van der Waals surface area contributed by atoms with Gasteiger partial charge in [-0.2, -0.15) is 5.10 Å². The lowest BCUT2D eigenvalue weighted by Gasteiger charge is -2.30. The molecule has 8 heteroatoms. The van der Waals surface area contributed by atoms with Crippen molar-refractivity contribution in [2.45, 2.75) is 50.6 Å². The van der Waals surface area contributed by atoms with Crippen LogP contribution in [0.5, 0.6) is 5.75 Å². The Morgan fingerprint density at radius 1 is 1.29 bits per heavy atom. The van der Waals surface area contributed by atoms with Gasteiger partial charge in [-0.1, -0.05) is 23.2 Å². The van der Waals surface area contributed by atoms with Gasteiger partial charge in [0.1, 0.15) is 24.3 Å². The highest BCUT2D eigenvalue weighted by molar-refractivity contribution is 6.45. The SMILES string of the molecule is F[C@H]1C[C@@H](Oc2cc(Cl)c(Cl)c3[nH]cc(-c4cnn(C5CCCCO5)c4)c23)C1. The first-order valence-corrected chi connectivity index (χ1v) is 10.3. The number of hydrogen-bond donors (Lipinski definition) is 1. The van der Waals surface area contributed by atoms with Crippen LogP contribution in [-0.4, -0.2) is 33.6 Å². The van der Waals surface area contributed by atoms with Gasteiger partial charge < -0.3 is 14.5 Å². The molecule has 0 spiro atoms. The Hall–Kier alpha value is -1.76. The van der Waals surface area contributed by atoms with Crippen molar-refractivity contribution in [2.24, 2.45) is 0 Å². The lowest BCUT2D eigenvalue weighted by atomic mass is 9.93. The van der Waals surface area contributed by atoms with E-state index in [9.17, 15) is 4.39 Å². The van der Waals surface area contributed by atoms with Gasteiger partial charge in [0.25, 0.3) is 0 Å². The van der Waals surface area contributed by atoms with Crippen LogP contribution in [0.2, 0.25) is 10.0 Å². The van der Waals surface area contributed by atoms with Gasteiger partial charge in [0, 0.05) is 49.0 Å². The van der Waals surface area contributed by atoms with Crippen LogP contribution in [0.3, 0.4) is 0 Å². The highest BCUT2D eigenvalue weighted by Crippen LogP contribution is 2.44. The van der Waals surface area contributed by atoms with Gasteiger partial charge in [-0.15, -0.1) is 0 Å². The Kier molecular flexibility index (Phi) is 4.73. The molecule has 0 amide bonds. The Labute approximate surface area is 171 Å². The smallest absolute Gasteiger partial charge is 0.150 e. The fourth-order valence-electron chi connectivity index (χ4n) is 3.89. The molecule has 2 aliphatic rings. The number of benzene rings is 1. The lowest BCUT2D eigenvalue weighted by Crippen LogP contribution is -2.34. The predicted molar refractivity (Wildman–Crippen MR) is 107 cm³/mol. The molecule has 2 aromatic heterocycles. The van der Waals surface area contributed by atoms with Crippen molar-refractivity contribution < 1.29 is 13.9 Å². The number of rotatable bonds is 4. The van der Waals surface area contributed by atoms with Crippen molar-refractivity contribution in [2.75, 3.05) is 6.61 Å². The van der Waals surface area contributed by atoms with Gasteiger partial charge in [-0.3, -0.25) is 0 Å². The first-order valence-electron chi connectivity index (χ1n) is 9.56. The fourth-order valence-corrected chi connectivity index (χ4v) is 4.28. The van der Waals surface area contributed by atoms with Gasteiger partial charge in [0.15, 0.2) is 0 Å². The molecule has 1 aliphatic carbocycles. The monoisotopic (exact) mass is 423 g/mol. The van der Waals surface area contributed by atoms with Crippen molar-refractivity contribution in [3.63, 3.8) is 0 Å². The Morgan fingerprint density at radius 3 is 2.89 bits per heavy atom. The number of aromatic nitrogens is 3. The molecule has 1 saturated heterocycles. The minimum atomic E-state index is -0.789. The van der Waals surface area contributed by atoms with Crippen molar-refractivity contribution in [1.29, 1.82) is 0 Å².